The topological polar surface area (TPSA) is 128 Å². The predicted octanol–water partition coefficient (Wildman–Crippen LogP) is 2.76. The maximum Gasteiger partial charge on any atom is 0.280 e. The van der Waals surface area contributed by atoms with Crippen molar-refractivity contribution in [2.24, 2.45) is 0 Å². The van der Waals surface area contributed by atoms with E-state index in [4.69, 9.17) is 9.47 Å². The molecule has 0 aliphatic carbocycles. The Labute approximate surface area is 178 Å². The maximum absolute atomic E-state index is 12.5. The molecule has 11 heteroatoms. The quantitative estimate of drug-likeness (QED) is 0.411. The molecule has 1 fully saturated rings. The van der Waals surface area contributed by atoms with E-state index in [0.717, 1.165) is 18.9 Å². The Bertz CT molecular complexity index is 1150. The summed E-state index contributed by atoms with van der Waals surface area (Å²) in [5, 5.41) is 13.9. The number of nitrogens with zero attached hydrogens (tertiary/aromatic N) is 2. The Morgan fingerprint density at radius 3 is 2.39 bits per heavy atom. The van der Waals surface area contributed by atoms with E-state index in [-0.39, 0.29) is 28.7 Å². The zero-order chi connectivity index (χ0) is 22.0. The second-order valence-electron chi connectivity index (χ2n) is 6.98. The summed E-state index contributed by atoms with van der Waals surface area (Å²) in [5.74, 6) is 0.111. The number of nitrogens with one attached hydrogen (secondary N) is 1. The fraction of sp³-hybridized carbons (Fsp3) is 0.250. The van der Waals surface area contributed by atoms with E-state index in [0.29, 0.717) is 24.5 Å². The SMILES string of the molecule is O=C(/C=C/c1cc2c(cc1[N+](=O)[O-])OCO2)Nc1ccc(S(=O)(=O)N2CCCC2)cc1. The number of carbonyl (C=O) groups is 1. The molecule has 1 amide bonds. The third-order valence-corrected chi connectivity index (χ3v) is 6.87. The number of nitro benzene ring substituents is 1. The number of carbonyl (C=O) groups excluding carboxylic acids is 1. The molecule has 0 aromatic heterocycles. The average molecular weight is 445 g/mol. The third kappa shape index (κ3) is 4.37. The number of rotatable bonds is 6. The highest BCUT2D eigenvalue weighted by Gasteiger charge is 2.27. The first kappa shape index (κ1) is 20.8. The fourth-order valence-corrected chi connectivity index (χ4v) is 4.89. The molecule has 0 saturated carbocycles. The van der Waals surface area contributed by atoms with E-state index in [1.54, 1.807) is 0 Å². The van der Waals surface area contributed by atoms with Crippen molar-refractivity contribution in [1.82, 2.24) is 4.31 Å². The number of nitro groups is 1. The number of sulfonamides is 1. The Hall–Kier alpha value is -3.44. The van der Waals surface area contributed by atoms with E-state index < -0.39 is 20.9 Å². The van der Waals surface area contributed by atoms with Gasteiger partial charge in [0, 0.05) is 24.9 Å². The molecule has 10 nitrogen and oxygen atoms in total. The molecule has 2 aliphatic rings. The van der Waals surface area contributed by atoms with Crippen LogP contribution in [0.25, 0.3) is 6.08 Å². The molecular formula is C20H19N3O7S. The van der Waals surface area contributed by atoms with E-state index in [1.165, 1.54) is 46.8 Å². The van der Waals surface area contributed by atoms with Crippen LogP contribution in [0.5, 0.6) is 11.5 Å². The summed E-state index contributed by atoms with van der Waals surface area (Å²) in [6.07, 6.45) is 4.16. The second-order valence-corrected chi connectivity index (χ2v) is 8.92. The third-order valence-electron chi connectivity index (χ3n) is 4.96. The van der Waals surface area contributed by atoms with E-state index in [2.05, 4.69) is 5.32 Å². The maximum atomic E-state index is 12.5. The molecule has 0 unspecified atom stereocenters. The lowest BCUT2D eigenvalue weighted by Crippen LogP contribution is -2.27. The zero-order valence-corrected chi connectivity index (χ0v) is 17.1. The molecule has 0 bridgehead atoms. The van der Waals surface area contributed by atoms with E-state index >= 15 is 0 Å². The summed E-state index contributed by atoms with van der Waals surface area (Å²) in [6.45, 7) is 0.999. The van der Waals surface area contributed by atoms with Crippen LogP contribution < -0.4 is 14.8 Å². The van der Waals surface area contributed by atoms with Crippen LogP contribution in [0.15, 0.2) is 47.4 Å². The van der Waals surface area contributed by atoms with Crippen molar-refractivity contribution in [2.45, 2.75) is 17.7 Å². The van der Waals surface area contributed by atoms with E-state index in [9.17, 15) is 23.3 Å². The van der Waals surface area contributed by atoms with Gasteiger partial charge in [-0.25, -0.2) is 8.42 Å². The van der Waals surface area contributed by atoms with Gasteiger partial charge in [-0.3, -0.25) is 14.9 Å². The highest BCUT2D eigenvalue weighted by atomic mass is 32.2. The molecule has 4 rings (SSSR count). The smallest absolute Gasteiger partial charge is 0.280 e. The summed E-state index contributed by atoms with van der Waals surface area (Å²) in [7, 11) is -3.53. The van der Waals surface area contributed by atoms with Gasteiger partial charge in [-0.2, -0.15) is 4.31 Å². The molecule has 2 aliphatic heterocycles. The number of fused-ring (bicyclic) bond motifs is 1. The van der Waals surface area contributed by atoms with Crippen LogP contribution in [0.4, 0.5) is 11.4 Å². The summed E-state index contributed by atoms with van der Waals surface area (Å²) in [6, 6.07) is 8.56. The normalized spacial score (nSPS) is 16.0. The Morgan fingerprint density at radius 1 is 1.10 bits per heavy atom. The van der Waals surface area contributed by atoms with Crippen LogP contribution in [0.1, 0.15) is 18.4 Å². The summed E-state index contributed by atoms with van der Waals surface area (Å²) < 4.78 is 36.9. The van der Waals surface area contributed by atoms with Gasteiger partial charge in [0.15, 0.2) is 11.5 Å². The Kier molecular flexibility index (Phi) is 5.61. The summed E-state index contributed by atoms with van der Waals surface area (Å²) >= 11 is 0. The monoisotopic (exact) mass is 445 g/mol. The summed E-state index contributed by atoms with van der Waals surface area (Å²) in [5.41, 5.74) is 0.372. The van der Waals surface area contributed by atoms with Crippen LogP contribution in [-0.4, -0.2) is 43.4 Å². The van der Waals surface area contributed by atoms with Gasteiger partial charge in [-0.05, 0) is 49.2 Å². The van der Waals surface area contributed by atoms with Gasteiger partial charge in [0.25, 0.3) is 5.69 Å². The second kappa shape index (κ2) is 8.36. The van der Waals surface area contributed by atoms with Crippen molar-refractivity contribution in [3.05, 3.63) is 58.2 Å². The van der Waals surface area contributed by atoms with Crippen LogP contribution in [-0.2, 0) is 14.8 Å². The molecule has 162 valence electrons. The molecule has 0 atom stereocenters. The zero-order valence-electron chi connectivity index (χ0n) is 16.3. The van der Waals surface area contributed by atoms with Crippen LogP contribution in [0, 0.1) is 10.1 Å². The molecule has 0 spiro atoms. The first-order valence-electron chi connectivity index (χ1n) is 9.52. The van der Waals surface area contributed by atoms with Crippen LogP contribution >= 0.6 is 0 Å². The van der Waals surface area contributed by atoms with Crippen molar-refractivity contribution >= 4 is 33.4 Å². The number of benzene rings is 2. The number of amides is 1. The highest BCUT2D eigenvalue weighted by molar-refractivity contribution is 7.89. The van der Waals surface area contributed by atoms with Crippen LogP contribution in [0.2, 0.25) is 0 Å². The van der Waals surface area contributed by atoms with Gasteiger partial charge >= 0.3 is 0 Å². The number of hydrogen-bond donors (Lipinski definition) is 1. The van der Waals surface area contributed by atoms with Gasteiger partial charge in [0.1, 0.15) is 0 Å². The lowest BCUT2D eigenvalue weighted by molar-refractivity contribution is -0.385. The van der Waals surface area contributed by atoms with Gasteiger partial charge in [0.05, 0.1) is 21.4 Å². The largest absolute Gasteiger partial charge is 0.454 e. The minimum absolute atomic E-state index is 0.0242. The van der Waals surface area contributed by atoms with Crippen molar-refractivity contribution in [1.29, 1.82) is 0 Å². The van der Waals surface area contributed by atoms with Gasteiger partial charge < -0.3 is 14.8 Å². The molecule has 0 radical (unpaired) electrons. The first-order valence-corrected chi connectivity index (χ1v) is 11.0. The van der Waals surface area contributed by atoms with Crippen molar-refractivity contribution in [3.8, 4) is 11.5 Å². The molecule has 2 aromatic carbocycles. The Morgan fingerprint density at radius 2 is 1.74 bits per heavy atom. The van der Waals surface area contributed by atoms with Crippen molar-refractivity contribution in [3.63, 3.8) is 0 Å². The molecule has 2 heterocycles. The van der Waals surface area contributed by atoms with Crippen LogP contribution in [0.3, 0.4) is 0 Å². The number of hydrogen-bond acceptors (Lipinski definition) is 7. The standard InChI is InChI=1S/C20H19N3O7S/c24-20(8-3-14-11-18-19(30-13-29-18)12-17(14)23(25)26)21-15-4-6-16(7-5-15)31(27,28)22-9-1-2-10-22/h3-8,11-12H,1-2,9-10,13H2,(H,21,24)/b8-3+. The summed E-state index contributed by atoms with van der Waals surface area (Å²) in [4.78, 5) is 23.1. The number of anilines is 1. The molecule has 31 heavy (non-hydrogen) atoms. The van der Waals surface area contributed by atoms with E-state index in [1.807, 2.05) is 0 Å². The van der Waals surface area contributed by atoms with Crippen molar-refractivity contribution < 1.29 is 27.6 Å². The number of ether oxygens (including phenoxy) is 2. The van der Waals surface area contributed by atoms with Crippen molar-refractivity contribution in [2.75, 3.05) is 25.2 Å². The minimum atomic E-state index is -3.53. The average Bonchev–Trinajstić information content (AvgIpc) is 3.44. The molecule has 1 N–H and O–H groups in total. The minimum Gasteiger partial charge on any atom is -0.454 e. The van der Waals surface area contributed by atoms with Gasteiger partial charge in [0.2, 0.25) is 22.7 Å². The highest BCUT2D eigenvalue weighted by Crippen LogP contribution is 2.38. The molecule has 2 aromatic rings. The Balaban J connectivity index is 1.46. The fourth-order valence-electron chi connectivity index (χ4n) is 3.38. The van der Waals surface area contributed by atoms with Gasteiger partial charge in [-0.15, -0.1) is 0 Å². The predicted molar refractivity (Wildman–Crippen MR) is 111 cm³/mol. The molecular weight excluding hydrogens is 426 g/mol. The molecule has 1 saturated heterocycles. The van der Waals surface area contributed by atoms with Gasteiger partial charge in [-0.1, -0.05) is 0 Å². The lowest BCUT2D eigenvalue weighted by Gasteiger charge is -2.15. The lowest BCUT2D eigenvalue weighted by atomic mass is 10.1. The first-order chi connectivity index (χ1) is 14.8.